The fraction of sp³-hybridized carbons (Fsp3) is 0.312. The summed E-state index contributed by atoms with van der Waals surface area (Å²) in [5.74, 6) is -0.449. The van der Waals surface area contributed by atoms with E-state index in [-0.39, 0.29) is 12.3 Å². The summed E-state index contributed by atoms with van der Waals surface area (Å²) in [6, 6.07) is 11.3. The molecule has 0 saturated heterocycles. The molecule has 20 heavy (non-hydrogen) atoms. The molecule has 2 aromatic carbocycles. The van der Waals surface area contributed by atoms with Crippen molar-refractivity contribution in [1.29, 1.82) is 0 Å². The summed E-state index contributed by atoms with van der Waals surface area (Å²) in [6.07, 6.45) is -0.834. The van der Waals surface area contributed by atoms with Gasteiger partial charge in [0.25, 0.3) is 0 Å². The lowest BCUT2D eigenvalue weighted by molar-refractivity contribution is -0.139. The molecule has 0 spiro atoms. The third kappa shape index (κ3) is 3.08. The molecule has 0 fully saturated rings. The van der Waals surface area contributed by atoms with Gasteiger partial charge >= 0.3 is 5.97 Å². The second-order valence-electron chi connectivity index (χ2n) is 4.99. The predicted molar refractivity (Wildman–Crippen MR) is 76.9 cm³/mol. The monoisotopic (exact) mass is 274 g/mol. The molecule has 2 aromatic rings. The Bertz CT molecular complexity index is 621. The third-order valence-corrected chi connectivity index (χ3v) is 3.45. The van der Waals surface area contributed by atoms with Crippen molar-refractivity contribution >= 4 is 16.7 Å². The molecule has 2 N–H and O–H groups in total. The number of hydrogen-bond acceptors (Lipinski definition) is 3. The zero-order chi connectivity index (χ0) is 14.7. The molecule has 0 radical (unpaired) electrons. The van der Waals surface area contributed by atoms with Crippen molar-refractivity contribution < 1.29 is 19.7 Å². The minimum absolute atomic E-state index is 0.0538. The molecule has 2 rings (SSSR count). The molecule has 0 aliphatic rings. The quantitative estimate of drug-likeness (QED) is 0.879. The Kier molecular flexibility index (Phi) is 4.25. The number of aliphatic hydroxyl groups is 1. The molecule has 0 aromatic heterocycles. The van der Waals surface area contributed by atoms with Gasteiger partial charge in [-0.2, -0.15) is 0 Å². The summed E-state index contributed by atoms with van der Waals surface area (Å²) in [5, 5.41) is 21.0. The highest BCUT2D eigenvalue weighted by Gasteiger charge is 2.19. The number of carboxylic acid groups (broad SMARTS) is 1. The Balaban J connectivity index is 2.29. The van der Waals surface area contributed by atoms with Gasteiger partial charge in [-0.1, -0.05) is 25.1 Å². The molecule has 106 valence electrons. The van der Waals surface area contributed by atoms with Gasteiger partial charge in [0.2, 0.25) is 0 Å². The van der Waals surface area contributed by atoms with Crippen LogP contribution in [0.4, 0.5) is 0 Å². The molecule has 0 aliphatic carbocycles. The number of benzene rings is 2. The van der Waals surface area contributed by atoms with Crippen molar-refractivity contribution in [3.63, 3.8) is 0 Å². The van der Waals surface area contributed by atoms with Crippen LogP contribution in [-0.4, -0.2) is 23.3 Å². The summed E-state index contributed by atoms with van der Waals surface area (Å²) in [4.78, 5) is 10.7. The molecule has 0 aliphatic heterocycles. The number of aliphatic carboxylic acids is 1. The molecule has 2 atom stereocenters. The van der Waals surface area contributed by atoms with Gasteiger partial charge in [-0.3, -0.25) is 4.79 Å². The van der Waals surface area contributed by atoms with E-state index in [2.05, 4.69) is 0 Å². The Morgan fingerprint density at radius 2 is 1.85 bits per heavy atom. The number of rotatable bonds is 5. The molecule has 0 bridgehead atoms. The van der Waals surface area contributed by atoms with E-state index < -0.39 is 12.1 Å². The number of methoxy groups -OCH3 is 1. The first-order valence-electron chi connectivity index (χ1n) is 6.49. The van der Waals surface area contributed by atoms with Crippen molar-refractivity contribution in [3.05, 3.63) is 42.0 Å². The topological polar surface area (TPSA) is 66.8 Å². The average Bonchev–Trinajstić information content (AvgIpc) is 2.44. The van der Waals surface area contributed by atoms with Crippen molar-refractivity contribution in [2.24, 2.45) is 5.92 Å². The first-order chi connectivity index (χ1) is 9.51. The van der Waals surface area contributed by atoms with Crippen LogP contribution in [0.25, 0.3) is 10.8 Å². The zero-order valence-corrected chi connectivity index (χ0v) is 11.5. The SMILES string of the molecule is COc1ccc2cc(C(O)C(C)CC(=O)O)ccc2c1. The number of hydrogen-bond donors (Lipinski definition) is 2. The van der Waals surface area contributed by atoms with Crippen molar-refractivity contribution in [1.82, 2.24) is 0 Å². The van der Waals surface area contributed by atoms with E-state index in [1.165, 1.54) is 0 Å². The standard InChI is InChI=1S/C16H18O4/c1-10(7-15(17)18)16(19)13-4-3-12-9-14(20-2)6-5-11(12)8-13/h3-6,8-10,16,19H,7H2,1-2H3,(H,17,18). The first kappa shape index (κ1) is 14.3. The summed E-state index contributed by atoms with van der Waals surface area (Å²) in [7, 11) is 1.62. The number of carboxylic acids is 1. The smallest absolute Gasteiger partial charge is 0.303 e. The van der Waals surface area contributed by atoms with Crippen LogP contribution in [0, 0.1) is 5.92 Å². The van der Waals surface area contributed by atoms with E-state index in [4.69, 9.17) is 9.84 Å². The largest absolute Gasteiger partial charge is 0.497 e. The predicted octanol–water partition coefficient (Wildman–Crippen LogP) is 2.99. The summed E-state index contributed by atoms with van der Waals surface area (Å²) < 4.78 is 5.17. The molecular formula is C16H18O4. The van der Waals surface area contributed by atoms with Gasteiger partial charge in [-0.05, 0) is 40.5 Å². The van der Waals surface area contributed by atoms with E-state index in [1.807, 2.05) is 36.4 Å². The highest BCUT2D eigenvalue weighted by Crippen LogP contribution is 2.28. The number of fused-ring (bicyclic) bond motifs is 1. The van der Waals surface area contributed by atoms with Crippen LogP contribution in [0.5, 0.6) is 5.75 Å². The Morgan fingerprint density at radius 1 is 1.20 bits per heavy atom. The van der Waals surface area contributed by atoms with Crippen LogP contribution in [0.15, 0.2) is 36.4 Å². The van der Waals surface area contributed by atoms with Crippen LogP contribution in [-0.2, 0) is 4.79 Å². The first-order valence-corrected chi connectivity index (χ1v) is 6.49. The Hall–Kier alpha value is -2.07. The maximum absolute atomic E-state index is 10.7. The second-order valence-corrected chi connectivity index (χ2v) is 4.99. The maximum Gasteiger partial charge on any atom is 0.303 e. The second kappa shape index (κ2) is 5.92. The number of carbonyl (C=O) groups is 1. The number of aliphatic hydroxyl groups excluding tert-OH is 1. The highest BCUT2D eigenvalue weighted by molar-refractivity contribution is 5.84. The molecular weight excluding hydrogens is 256 g/mol. The Labute approximate surface area is 117 Å². The summed E-state index contributed by atoms with van der Waals surface area (Å²) in [6.45, 7) is 1.73. The molecule has 4 nitrogen and oxygen atoms in total. The Morgan fingerprint density at radius 3 is 2.50 bits per heavy atom. The fourth-order valence-corrected chi connectivity index (χ4v) is 2.27. The van der Waals surface area contributed by atoms with Gasteiger partial charge in [0.1, 0.15) is 5.75 Å². The lowest BCUT2D eigenvalue weighted by Crippen LogP contribution is -2.13. The van der Waals surface area contributed by atoms with Crippen LogP contribution in [0.3, 0.4) is 0 Å². The minimum Gasteiger partial charge on any atom is -0.497 e. The van der Waals surface area contributed by atoms with E-state index in [9.17, 15) is 9.90 Å². The fourth-order valence-electron chi connectivity index (χ4n) is 2.27. The van der Waals surface area contributed by atoms with E-state index in [1.54, 1.807) is 14.0 Å². The van der Waals surface area contributed by atoms with Crippen molar-refractivity contribution in [3.8, 4) is 5.75 Å². The average molecular weight is 274 g/mol. The third-order valence-electron chi connectivity index (χ3n) is 3.45. The highest BCUT2D eigenvalue weighted by atomic mass is 16.5. The van der Waals surface area contributed by atoms with Gasteiger partial charge in [0, 0.05) is 0 Å². The molecule has 2 unspecified atom stereocenters. The van der Waals surface area contributed by atoms with Gasteiger partial charge < -0.3 is 14.9 Å². The van der Waals surface area contributed by atoms with E-state index >= 15 is 0 Å². The zero-order valence-electron chi connectivity index (χ0n) is 11.5. The van der Waals surface area contributed by atoms with Crippen molar-refractivity contribution in [2.45, 2.75) is 19.4 Å². The van der Waals surface area contributed by atoms with Crippen LogP contribution < -0.4 is 4.74 Å². The van der Waals surface area contributed by atoms with E-state index in [0.717, 1.165) is 22.1 Å². The number of ether oxygens (including phenoxy) is 1. The summed E-state index contributed by atoms with van der Waals surface area (Å²) >= 11 is 0. The van der Waals surface area contributed by atoms with Crippen LogP contribution in [0.2, 0.25) is 0 Å². The molecule has 0 saturated carbocycles. The lowest BCUT2D eigenvalue weighted by atomic mass is 9.93. The normalized spacial score (nSPS) is 13.9. The maximum atomic E-state index is 10.7. The molecule has 0 amide bonds. The molecule has 0 heterocycles. The van der Waals surface area contributed by atoms with Gasteiger partial charge in [0.05, 0.1) is 19.6 Å². The van der Waals surface area contributed by atoms with Crippen molar-refractivity contribution in [2.75, 3.05) is 7.11 Å². The lowest BCUT2D eigenvalue weighted by Gasteiger charge is -2.18. The minimum atomic E-state index is -0.901. The van der Waals surface area contributed by atoms with Gasteiger partial charge in [-0.15, -0.1) is 0 Å². The van der Waals surface area contributed by atoms with Crippen LogP contribution in [0.1, 0.15) is 25.0 Å². The van der Waals surface area contributed by atoms with Crippen LogP contribution >= 0.6 is 0 Å². The van der Waals surface area contributed by atoms with Gasteiger partial charge in [0.15, 0.2) is 0 Å². The summed E-state index contributed by atoms with van der Waals surface area (Å²) in [5.41, 5.74) is 0.733. The molecule has 4 heteroatoms. The van der Waals surface area contributed by atoms with E-state index in [0.29, 0.717) is 0 Å². The van der Waals surface area contributed by atoms with Gasteiger partial charge in [-0.25, -0.2) is 0 Å².